The molecule has 1 amide bonds. The number of rotatable bonds is 3. The maximum atomic E-state index is 12.2. The van der Waals surface area contributed by atoms with Crippen LogP contribution in [0, 0.1) is 5.92 Å². The van der Waals surface area contributed by atoms with Gasteiger partial charge in [0.25, 0.3) is 5.91 Å². The lowest BCUT2D eigenvalue weighted by molar-refractivity contribution is -0.148. The summed E-state index contributed by atoms with van der Waals surface area (Å²) < 4.78 is 5.44. The van der Waals surface area contributed by atoms with E-state index in [1.807, 2.05) is 0 Å². The van der Waals surface area contributed by atoms with Crippen molar-refractivity contribution in [2.45, 2.75) is 25.4 Å². The van der Waals surface area contributed by atoms with E-state index in [1.54, 1.807) is 4.90 Å². The van der Waals surface area contributed by atoms with E-state index < -0.39 is 12.1 Å². The Morgan fingerprint density at radius 3 is 2.94 bits per heavy atom. The molecule has 2 unspecified atom stereocenters. The van der Waals surface area contributed by atoms with E-state index in [0.717, 1.165) is 25.9 Å². The highest BCUT2D eigenvalue weighted by Gasteiger charge is 2.31. The largest absolute Gasteiger partial charge is 0.481 e. The van der Waals surface area contributed by atoms with Crippen LogP contribution in [0.4, 0.5) is 0 Å². The van der Waals surface area contributed by atoms with E-state index in [9.17, 15) is 9.59 Å². The van der Waals surface area contributed by atoms with Gasteiger partial charge in [-0.3, -0.25) is 9.59 Å². The first-order valence-electron chi connectivity index (χ1n) is 6.49. The number of morpholine rings is 1. The minimum atomic E-state index is -0.787. The molecule has 2 heterocycles. The highest BCUT2D eigenvalue weighted by Crippen LogP contribution is 2.20. The molecule has 0 saturated carbocycles. The van der Waals surface area contributed by atoms with Crippen LogP contribution in [0.3, 0.4) is 0 Å². The van der Waals surface area contributed by atoms with Gasteiger partial charge in [0.1, 0.15) is 6.10 Å². The molecule has 18 heavy (non-hydrogen) atoms. The van der Waals surface area contributed by atoms with Gasteiger partial charge in [-0.05, 0) is 18.8 Å². The Balaban J connectivity index is 1.87. The van der Waals surface area contributed by atoms with Crippen molar-refractivity contribution in [1.29, 1.82) is 0 Å². The van der Waals surface area contributed by atoms with Crippen LogP contribution in [-0.4, -0.2) is 60.8 Å². The van der Waals surface area contributed by atoms with Crippen LogP contribution in [0.15, 0.2) is 0 Å². The fraction of sp³-hybridized carbons (Fsp3) is 0.833. The lowest BCUT2D eigenvalue weighted by Crippen LogP contribution is -2.51. The number of aliphatic carboxylic acids is 1. The number of piperidine rings is 1. The summed E-state index contributed by atoms with van der Waals surface area (Å²) in [5.41, 5.74) is 0. The summed E-state index contributed by atoms with van der Waals surface area (Å²) in [4.78, 5) is 24.7. The van der Waals surface area contributed by atoms with Gasteiger partial charge < -0.3 is 20.1 Å². The second-order valence-electron chi connectivity index (χ2n) is 4.95. The zero-order valence-electron chi connectivity index (χ0n) is 10.4. The van der Waals surface area contributed by atoms with Gasteiger partial charge in [0, 0.05) is 32.6 Å². The molecule has 0 radical (unpaired) electrons. The van der Waals surface area contributed by atoms with Crippen LogP contribution in [0.25, 0.3) is 0 Å². The van der Waals surface area contributed by atoms with Gasteiger partial charge in [-0.2, -0.15) is 0 Å². The Morgan fingerprint density at radius 1 is 1.44 bits per heavy atom. The molecule has 0 bridgehead atoms. The van der Waals surface area contributed by atoms with Gasteiger partial charge >= 0.3 is 5.97 Å². The Kier molecular flexibility index (Phi) is 4.54. The lowest BCUT2D eigenvalue weighted by atomic mass is 9.94. The van der Waals surface area contributed by atoms with Crippen LogP contribution in [-0.2, 0) is 14.3 Å². The molecule has 2 N–H and O–H groups in total. The highest BCUT2D eigenvalue weighted by atomic mass is 16.5. The van der Waals surface area contributed by atoms with E-state index in [2.05, 4.69) is 5.32 Å². The van der Waals surface area contributed by atoms with E-state index in [1.165, 1.54) is 0 Å². The number of likely N-dealkylation sites (tertiary alicyclic amines) is 1. The maximum Gasteiger partial charge on any atom is 0.303 e. The number of nitrogens with one attached hydrogen (secondary N) is 1. The lowest BCUT2D eigenvalue weighted by Gasteiger charge is -2.35. The van der Waals surface area contributed by atoms with Gasteiger partial charge in [0.2, 0.25) is 0 Å². The standard InChI is InChI=1S/C12H20N2O4/c15-11(16)6-9-2-1-4-14(8-9)12(17)10-7-13-3-5-18-10/h9-10,13H,1-8H2,(H,15,16). The molecular weight excluding hydrogens is 236 g/mol. The summed E-state index contributed by atoms with van der Waals surface area (Å²) in [6.07, 6.45) is 1.51. The van der Waals surface area contributed by atoms with Gasteiger partial charge in [0.15, 0.2) is 0 Å². The van der Waals surface area contributed by atoms with Crippen molar-refractivity contribution in [1.82, 2.24) is 10.2 Å². The third-order valence-corrected chi connectivity index (χ3v) is 3.50. The van der Waals surface area contributed by atoms with Crippen molar-refractivity contribution in [3.8, 4) is 0 Å². The number of nitrogens with zero attached hydrogens (tertiary/aromatic N) is 1. The molecular formula is C12H20N2O4. The topological polar surface area (TPSA) is 78.9 Å². The number of carboxylic acids is 1. The highest BCUT2D eigenvalue weighted by molar-refractivity contribution is 5.81. The summed E-state index contributed by atoms with van der Waals surface area (Å²) in [6.45, 7) is 3.16. The SMILES string of the molecule is O=C(O)CC1CCCN(C(=O)C2CNCCO2)C1. The molecule has 2 atom stereocenters. The molecule has 0 aliphatic carbocycles. The normalized spacial score (nSPS) is 29.0. The van der Waals surface area contributed by atoms with Gasteiger partial charge in [-0.1, -0.05) is 0 Å². The van der Waals surface area contributed by atoms with E-state index in [-0.39, 0.29) is 18.2 Å². The molecule has 2 aliphatic heterocycles. The molecule has 0 aromatic carbocycles. The molecule has 102 valence electrons. The third-order valence-electron chi connectivity index (χ3n) is 3.50. The van der Waals surface area contributed by atoms with Gasteiger partial charge in [0.05, 0.1) is 6.61 Å². The number of ether oxygens (including phenoxy) is 1. The van der Waals surface area contributed by atoms with Gasteiger partial charge in [-0.15, -0.1) is 0 Å². The van der Waals surface area contributed by atoms with Crippen molar-refractivity contribution in [3.63, 3.8) is 0 Å². The number of amides is 1. The molecule has 2 fully saturated rings. The van der Waals surface area contributed by atoms with Crippen molar-refractivity contribution in [2.75, 3.05) is 32.8 Å². The monoisotopic (exact) mass is 256 g/mol. The molecule has 2 aliphatic rings. The number of carbonyl (C=O) groups is 2. The van der Waals surface area contributed by atoms with Crippen LogP contribution < -0.4 is 5.32 Å². The molecule has 2 rings (SSSR count). The predicted molar refractivity (Wildman–Crippen MR) is 64.2 cm³/mol. The van der Waals surface area contributed by atoms with E-state index in [4.69, 9.17) is 9.84 Å². The van der Waals surface area contributed by atoms with Crippen LogP contribution in [0.1, 0.15) is 19.3 Å². The second kappa shape index (κ2) is 6.15. The first kappa shape index (κ1) is 13.3. The molecule has 2 saturated heterocycles. The number of hydrogen-bond acceptors (Lipinski definition) is 4. The summed E-state index contributed by atoms with van der Waals surface area (Å²) >= 11 is 0. The molecule has 0 aromatic rings. The first-order chi connectivity index (χ1) is 8.66. The fourth-order valence-electron chi connectivity index (χ4n) is 2.61. The summed E-state index contributed by atoms with van der Waals surface area (Å²) in [5, 5.41) is 11.9. The molecule has 6 nitrogen and oxygen atoms in total. The Labute approximate surface area is 106 Å². The van der Waals surface area contributed by atoms with Gasteiger partial charge in [-0.25, -0.2) is 0 Å². The van der Waals surface area contributed by atoms with Crippen LogP contribution >= 0.6 is 0 Å². The second-order valence-corrected chi connectivity index (χ2v) is 4.95. The summed E-state index contributed by atoms with van der Waals surface area (Å²) in [5.74, 6) is -0.709. The Bertz CT molecular complexity index is 315. The molecule has 6 heteroatoms. The minimum absolute atomic E-state index is 0.00251. The quantitative estimate of drug-likeness (QED) is 0.724. The molecule has 0 aromatic heterocycles. The Hall–Kier alpha value is -1.14. The van der Waals surface area contributed by atoms with Crippen LogP contribution in [0.2, 0.25) is 0 Å². The zero-order chi connectivity index (χ0) is 13.0. The number of carboxylic acid groups (broad SMARTS) is 1. The van der Waals surface area contributed by atoms with Crippen molar-refractivity contribution in [3.05, 3.63) is 0 Å². The van der Waals surface area contributed by atoms with E-state index in [0.29, 0.717) is 19.7 Å². The van der Waals surface area contributed by atoms with Crippen LogP contribution in [0.5, 0.6) is 0 Å². The number of carbonyl (C=O) groups excluding carboxylic acids is 1. The average Bonchev–Trinajstić information content (AvgIpc) is 2.38. The Morgan fingerprint density at radius 2 is 2.28 bits per heavy atom. The zero-order valence-corrected chi connectivity index (χ0v) is 10.4. The average molecular weight is 256 g/mol. The number of hydrogen-bond donors (Lipinski definition) is 2. The molecule has 0 spiro atoms. The van der Waals surface area contributed by atoms with Crippen molar-refractivity contribution >= 4 is 11.9 Å². The van der Waals surface area contributed by atoms with Crippen molar-refractivity contribution in [2.24, 2.45) is 5.92 Å². The fourth-order valence-corrected chi connectivity index (χ4v) is 2.61. The predicted octanol–water partition coefficient (Wildman–Crippen LogP) is -0.312. The summed E-state index contributed by atoms with van der Waals surface area (Å²) in [6, 6.07) is 0. The van der Waals surface area contributed by atoms with Crippen molar-refractivity contribution < 1.29 is 19.4 Å². The first-order valence-corrected chi connectivity index (χ1v) is 6.49. The minimum Gasteiger partial charge on any atom is -0.481 e. The van der Waals surface area contributed by atoms with E-state index >= 15 is 0 Å². The summed E-state index contributed by atoms with van der Waals surface area (Å²) in [7, 11) is 0. The maximum absolute atomic E-state index is 12.2. The smallest absolute Gasteiger partial charge is 0.303 e. The third kappa shape index (κ3) is 3.43.